The molecule has 0 fully saturated rings. The average Bonchev–Trinajstić information content (AvgIpc) is 1.54. The highest BCUT2D eigenvalue weighted by atomic mass is 15.1. The predicted octanol–water partition coefficient (Wildman–Crippen LogP) is 36.6. The molecule has 5 nitrogen and oxygen atoms in total. The number of rotatable bonds is 6. The third-order valence-corrected chi connectivity index (χ3v) is 35.3. The van der Waals surface area contributed by atoms with E-state index in [4.69, 9.17) is 9.97 Å². The van der Waals surface area contributed by atoms with E-state index in [2.05, 4.69) is 449 Å². The van der Waals surface area contributed by atoms with Gasteiger partial charge >= 0.3 is 0 Å². The number of imidazole rings is 1. The third kappa shape index (κ3) is 11.5. The van der Waals surface area contributed by atoms with Gasteiger partial charge in [-0.25, -0.2) is 4.98 Å². The Hall–Kier alpha value is -16.9. The number of nitrogens with zero attached hydrogens (tertiary/aromatic N) is 5. The number of hydrogen-bond donors (Lipinski definition) is 0. The van der Waals surface area contributed by atoms with Gasteiger partial charge in [-0.2, -0.15) is 0 Å². The fourth-order valence-corrected chi connectivity index (χ4v) is 27.9. The highest BCUT2D eigenvalue weighted by molar-refractivity contribution is 6.33. The summed E-state index contributed by atoms with van der Waals surface area (Å²) in [7, 11) is 0. The van der Waals surface area contributed by atoms with Crippen molar-refractivity contribution in [3.63, 3.8) is 0 Å². The normalized spacial score (nSPS) is 15.2. The summed E-state index contributed by atoms with van der Waals surface area (Å²) >= 11 is 0. The van der Waals surface area contributed by atoms with Crippen LogP contribution in [0.5, 0.6) is 0 Å². The predicted molar refractivity (Wildman–Crippen MR) is 609 cm³/mol. The van der Waals surface area contributed by atoms with Crippen molar-refractivity contribution in [2.45, 2.75) is 116 Å². The summed E-state index contributed by atoms with van der Waals surface area (Å²) < 4.78 is 2.27. The molecule has 0 spiro atoms. The first-order valence-corrected chi connectivity index (χ1v) is 51.4. The summed E-state index contributed by atoms with van der Waals surface area (Å²) in [5.74, 6) is 0.951. The van der Waals surface area contributed by atoms with Gasteiger partial charge in [-0.3, -0.25) is 19.5 Å². The zero-order chi connectivity index (χ0) is 97.3. The van der Waals surface area contributed by atoms with Gasteiger partial charge in [0.1, 0.15) is 5.82 Å². The fraction of sp³-hybridized carbons (Fsp3) is 0.129. The van der Waals surface area contributed by atoms with Crippen LogP contribution < -0.4 is 0 Å². The van der Waals surface area contributed by atoms with Gasteiger partial charge in [0.2, 0.25) is 0 Å². The van der Waals surface area contributed by atoms with Gasteiger partial charge in [0.15, 0.2) is 0 Å². The van der Waals surface area contributed by atoms with Gasteiger partial charge in [-0.05, 0) is 361 Å². The van der Waals surface area contributed by atoms with Crippen molar-refractivity contribution in [3.05, 3.63) is 462 Å². The van der Waals surface area contributed by atoms with Crippen molar-refractivity contribution in [2.75, 3.05) is 0 Å². The van der Waals surface area contributed by atoms with Crippen LogP contribution in [0.15, 0.2) is 395 Å². The minimum absolute atomic E-state index is 0.00737. The summed E-state index contributed by atoms with van der Waals surface area (Å²) in [6.07, 6.45) is 7.73. The van der Waals surface area contributed by atoms with E-state index in [1.807, 2.05) is 43.0 Å². The molecule has 0 atom stereocenters. The molecule has 4 heterocycles. The zero-order valence-corrected chi connectivity index (χ0v) is 83.3. The van der Waals surface area contributed by atoms with E-state index < -0.39 is 0 Å². The van der Waals surface area contributed by atoms with E-state index in [1.54, 1.807) is 0 Å². The van der Waals surface area contributed by atoms with Crippen LogP contribution in [0.3, 0.4) is 0 Å². The lowest BCUT2D eigenvalue weighted by Gasteiger charge is -2.24. The molecule has 0 bridgehead atoms. The molecule has 0 unspecified atom stereocenters. The number of fused-ring (bicyclic) bond motifs is 26. The monoisotopic (exact) mass is 1850 g/mol. The SMILES string of the molecule is CC1(C)c2ccccc2-c2c1cc1ccc3c4c(cc5ccc2c1c53)C(C)(C)c1cc(-c2ccc(-c3cnc5ccccc5c3)nc2)ccc1-4.CC1(C)c2ccccc2-c2c1cc1ccc3c4c(cc5ccc2c1c53)C(C)(C)c1cc(-c2ccc(-c3nc5ccccc5n3-c3ccccc3)cc2)ccc1-4.CC1(C)c2ccccc2-c2c1cc1ccc3c4c(cc5ccc2c1c53)C(C)(C)c1cc(-c2cccnc2)ccc1-4. The van der Waals surface area contributed by atoms with Gasteiger partial charge in [-0.1, -0.05) is 350 Å². The number of hydrogen-bond acceptors (Lipinski definition) is 4. The molecule has 0 amide bonds. The van der Waals surface area contributed by atoms with Crippen molar-refractivity contribution in [1.82, 2.24) is 24.5 Å². The molecule has 32 rings (SSSR count). The highest BCUT2D eigenvalue weighted by Crippen LogP contribution is 2.64. The standard InChI is InChI=1S/C53H38N2.C48H34N2.C39H29N/c1-52(2)41-15-9-8-14-37(41)49-39-26-23-35-30-44-50(40-27-24-34(29-43(49)52)47(39)48(35)40)38-25-22-33(28-42(38)53(44,3)4)31-18-20-32(21-19-31)51-54-45-16-10-11-17-46(45)55(51)36-12-6-5-7-13-36;1-47(2)37-11-7-6-10-33(37)45-35-18-14-30-24-40-46(36-19-15-29(23-39(45)47)43(35)44(30)36)34-17-13-27(22-38(34)48(40,3)4)31-16-20-42(49-25-31)32-21-28-9-5-8-12-41(28)50-26-32;1-38(2)30-10-6-5-9-26(30)36-28-15-12-24-20-33-37(29-16-13-23(19-32(36)38)34(28)35(24)29)27-14-11-22(18-31(27)39(33,3)4)25-8-7-17-40-21-25/h5-30H,1-4H3;5-26H,1-4H3;5-21H,1-4H3. The molecule has 0 saturated heterocycles. The summed E-state index contributed by atoms with van der Waals surface area (Å²) in [5.41, 5.74) is 47.6. The number of aromatic nitrogens is 5. The minimum Gasteiger partial charge on any atom is -0.292 e. The Kier molecular flexibility index (Phi) is 17.0. The van der Waals surface area contributed by atoms with E-state index in [0.717, 1.165) is 61.4 Å². The summed E-state index contributed by atoms with van der Waals surface area (Å²) in [5, 5.41) is 25.7. The van der Waals surface area contributed by atoms with Gasteiger partial charge < -0.3 is 0 Å². The van der Waals surface area contributed by atoms with Crippen molar-refractivity contribution >= 4 is 119 Å². The van der Waals surface area contributed by atoms with Crippen LogP contribution >= 0.6 is 0 Å². The van der Waals surface area contributed by atoms with Crippen molar-refractivity contribution in [2.24, 2.45) is 0 Å². The van der Waals surface area contributed by atoms with E-state index >= 15 is 0 Å². The first kappa shape index (κ1) is 83.9. The number of pyridine rings is 3. The Bertz CT molecular complexity index is 10200. The van der Waals surface area contributed by atoms with Gasteiger partial charge in [-0.15, -0.1) is 0 Å². The van der Waals surface area contributed by atoms with Crippen molar-refractivity contribution < 1.29 is 0 Å². The smallest absolute Gasteiger partial charge is 0.145 e. The highest BCUT2D eigenvalue weighted by Gasteiger charge is 2.46. The maximum Gasteiger partial charge on any atom is 0.145 e. The molecule has 26 aromatic rings. The molecule has 0 radical (unpaired) electrons. The molecule has 6 aliphatic rings. The molecular formula is C140H101N5. The van der Waals surface area contributed by atoms with Crippen LogP contribution in [0.2, 0.25) is 0 Å². The summed E-state index contributed by atoms with van der Waals surface area (Å²) in [6.45, 7) is 28.6. The Morgan fingerprint density at radius 1 is 0.200 bits per heavy atom. The van der Waals surface area contributed by atoms with Crippen LogP contribution in [-0.2, 0) is 32.5 Å². The Morgan fingerprint density at radius 3 is 0.917 bits per heavy atom. The lowest BCUT2D eigenvalue weighted by Crippen LogP contribution is -2.15. The third-order valence-electron chi connectivity index (χ3n) is 35.3. The van der Waals surface area contributed by atoms with Crippen LogP contribution in [0.4, 0.5) is 0 Å². The van der Waals surface area contributed by atoms with Crippen LogP contribution in [0, 0.1) is 0 Å². The summed E-state index contributed by atoms with van der Waals surface area (Å²) in [4.78, 5) is 19.0. The van der Waals surface area contributed by atoms with Crippen LogP contribution in [0.1, 0.15) is 150 Å². The Labute approximate surface area is 843 Å². The van der Waals surface area contributed by atoms with E-state index in [0.29, 0.717) is 0 Å². The second-order valence-corrected chi connectivity index (χ2v) is 45.0. The molecule has 4 aromatic heterocycles. The molecule has 6 aliphatic carbocycles. The largest absolute Gasteiger partial charge is 0.292 e. The molecule has 5 heteroatoms. The molecule has 0 saturated carbocycles. The number of para-hydroxylation sites is 4. The maximum atomic E-state index is 5.10. The molecule has 22 aromatic carbocycles. The van der Waals surface area contributed by atoms with Crippen LogP contribution in [-0.4, -0.2) is 24.5 Å². The van der Waals surface area contributed by atoms with E-state index in [-0.39, 0.29) is 32.5 Å². The second kappa shape index (κ2) is 29.4. The quantitative estimate of drug-likeness (QED) is 0.156. The van der Waals surface area contributed by atoms with Crippen LogP contribution in [0.25, 0.3) is 247 Å². The fourth-order valence-electron chi connectivity index (χ4n) is 27.9. The topological polar surface area (TPSA) is 56.5 Å². The zero-order valence-electron chi connectivity index (χ0n) is 83.3. The lowest BCUT2D eigenvalue weighted by atomic mass is 9.79. The Morgan fingerprint density at radius 2 is 0.524 bits per heavy atom. The van der Waals surface area contributed by atoms with Crippen molar-refractivity contribution in [3.8, 4) is 128 Å². The minimum atomic E-state index is -0.143. The maximum absolute atomic E-state index is 5.10. The average molecular weight is 1850 g/mol. The van der Waals surface area contributed by atoms with Gasteiger partial charge in [0, 0.05) is 85.0 Å². The molecule has 145 heavy (non-hydrogen) atoms. The first-order chi connectivity index (χ1) is 70.4. The van der Waals surface area contributed by atoms with Gasteiger partial charge in [0.05, 0.1) is 22.2 Å². The second-order valence-electron chi connectivity index (χ2n) is 45.0. The van der Waals surface area contributed by atoms with E-state index in [1.165, 1.54) is 253 Å². The molecule has 0 N–H and O–H groups in total. The number of benzene rings is 22. The van der Waals surface area contributed by atoms with Crippen molar-refractivity contribution in [1.29, 1.82) is 0 Å². The van der Waals surface area contributed by atoms with Gasteiger partial charge in [0.25, 0.3) is 0 Å². The Balaban J connectivity index is 0.000000102. The first-order valence-electron chi connectivity index (χ1n) is 51.4. The molecular weight excluding hydrogens is 1750 g/mol. The molecule has 0 aliphatic heterocycles. The molecule has 686 valence electrons. The summed E-state index contributed by atoms with van der Waals surface area (Å²) in [6, 6.07) is 139. The van der Waals surface area contributed by atoms with E-state index in [9.17, 15) is 0 Å². The lowest BCUT2D eigenvalue weighted by molar-refractivity contribution is 0.661.